The molecule has 3 fully saturated rings. The molecule has 2 aromatic rings. The predicted octanol–water partition coefficient (Wildman–Crippen LogP) is 4.39. The van der Waals surface area contributed by atoms with Crippen LogP contribution >= 0.6 is 0 Å². The van der Waals surface area contributed by atoms with Crippen molar-refractivity contribution in [3.63, 3.8) is 0 Å². The average Bonchev–Trinajstić information content (AvgIpc) is 3.50. The normalized spacial score (nSPS) is 25.0. The highest BCUT2D eigenvalue weighted by Gasteiger charge is 2.51. The van der Waals surface area contributed by atoms with Crippen LogP contribution in [0.15, 0.2) is 36.4 Å². The van der Waals surface area contributed by atoms with Crippen molar-refractivity contribution in [2.24, 2.45) is 17.8 Å². The number of nitrogens with zero attached hydrogens (tertiary/aromatic N) is 2. The third-order valence-corrected chi connectivity index (χ3v) is 8.32. The van der Waals surface area contributed by atoms with Crippen LogP contribution in [-0.4, -0.2) is 63.1 Å². The summed E-state index contributed by atoms with van der Waals surface area (Å²) in [5, 5.41) is 5.71. The van der Waals surface area contributed by atoms with Crippen LogP contribution in [0.25, 0.3) is 0 Å². The summed E-state index contributed by atoms with van der Waals surface area (Å²) in [6.45, 7) is 3.66. The van der Waals surface area contributed by atoms with E-state index in [2.05, 4.69) is 27.5 Å². The Bertz CT molecular complexity index is 1250. The number of amides is 2. The number of halogens is 4. The molecule has 1 aliphatic heterocycles. The zero-order chi connectivity index (χ0) is 27.9. The van der Waals surface area contributed by atoms with Gasteiger partial charge >= 0.3 is 6.18 Å². The molecular formula is C28H32F4N4O3. The number of likely N-dealkylation sites (N-methyl/N-ethyl adjacent to an activating group) is 1. The number of anilines is 2. The first-order chi connectivity index (χ1) is 18.5. The standard InChI is InChI=1S/C28H32F4N4O3/c1-35-7-9-36(10-8-35)21-5-6-22(23(15-21)39-2)33-27(38)24-16-3-4-17(11-16)25(24)34-26(37)18-12-19(28(30,31)32)14-20(29)13-18/h5-6,12-17,24-25H,3-4,7-11H2,1-2H3,(H,33,38)(H,34,37)/t16-,17+,24-,25+/m0/s1. The van der Waals surface area contributed by atoms with E-state index in [4.69, 9.17) is 4.74 Å². The van der Waals surface area contributed by atoms with Crippen LogP contribution in [-0.2, 0) is 11.0 Å². The zero-order valence-electron chi connectivity index (χ0n) is 21.9. The second kappa shape index (κ2) is 10.7. The number of alkyl halides is 3. The number of fused-ring (bicyclic) bond motifs is 2. The lowest BCUT2D eigenvalue weighted by molar-refractivity contribution is -0.137. The molecule has 3 aliphatic rings. The van der Waals surface area contributed by atoms with Crippen molar-refractivity contribution in [2.45, 2.75) is 31.5 Å². The second-order valence-electron chi connectivity index (χ2n) is 10.7. The molecule has 2 aromatic carbocycles. The van der Waals surface area contributed by atoms with E-state index in [1.54, 1.807) is 6.07 Å². The quantitative estimate of drug-likeness (QED) is 0.524. The summed E-state index contributed by atoms with van der Waals surface area (Å²) >= 11 is 0. The lowest BCUT2D eigenvalue weighted by Gasteiger charge is -2.34. The largest absolute Gasteiger partial charge is 0.494 e. The fraction of sp³-hybridized carbons (Fsp3) is 0.500. The van der Waals surface area contributed by atoms with Gasteiger partial charge in [0.25, 0.3) is 5.91 Å². The fourth-order valence-corrected chi connectivity index (χ4v) is 6.26. The van der Waals surface area contributed by atoms with Crippen LogP contribution in [0.5, 0.6) is 5.75 Å². The van der Waals surface area contributed by atoms with E-state index in [0.717, 1.165) is 57.2 Å². The molecule has 2 aliphatic carbocycles. The molecule has 1 heterocycles. The van der Waals surface area contributed by atoms with Gasteiger partial charge in [0, 0.05) is 49.5 Å². The summed E-state index contributed by atoms with van der Waals surface area (Å²) in [6.07, 6.45) is -2.42. The molecule has 39 heavy (non-hydrogen) atoms. The summed E-state index contributed by atoms with van der Waals surface area (Å²) < 4.78 is 58.9. The third-order valence-electron chi connectivity index (χ3n) is 8.32. The Labute approximate surface area is 224 Å². The molecule has 4 atom stereocenters. The van der Waals surface area contributed by atoms with Gasteiger partial charge in [-0.05, 0) is 68.5 Å². The van der Waals surface area contributed by atoms with Gasteiger partial charge in [-0.15, -0.1) is 0 Å². The Balaban J connectivity index is 1.31. The van der Waals surface area contributed by atoms with Gasteiger partial charge in [0.2, 0.25) is 5.91 Å². The van der Waals surface area contributed by atoms with E-state index in [-0.39, 0.29) is 17.7 Å². The summed E-state index contributed by atoms with van der Waals surface area (Å²) in [4.78, 5) is 31.0. The Kier molecular flexibility index (Phi) is 7.45. The van der Waals surface area contributed by atoms with Gasteiger partial charge in [-0.2, -0.15) is 13.2 Å². The molecule has 11 heteroatoms. The highest BCUT2D eigenvalue weighted by Crippen LogP contribution is 2.49. The van der Waals surface area contributed by atoms with Crippen molar-refractivity contribution in [1.82, 2.24) is 10.2 Å². The minimum absolute atomic E-state index is 0.0202. The van der Waals surface area contributed by atoms with Crippen molar-refractivity contribution in [3.8, 4) is 5.75 Å². The molecule has 1 saturated heterocycles. The molecule has 210 valence electrons. The van der Waals surface area contributed by atoms with Gasteiger partial charge in [-0.3, -0.25) is 9.59 Å². The third kappa shape index (κ3) is 5.68. The highest BCUT2D eigenvalue weighted by atomic mass is 19.4. The number of nitrogens with one attached hydrogen (secondary N) is 2. The molecule has 2 saturated carbocycles. The number of methoxy groups -OCH3 is 1. The number of hydrogen-bond acceptors (Lipinski definition) is 5. The predicted molar refractivity (Wildman–Crippen MR) is 138 cm³/mol. The second-order valence-corrected chi connectivity index (χ2v) is 10.7. The van der Waals surface area contributed by atoms with Crippen LogP contribution in [0.4, 0.5) is 28.9 Å². The number of hydrogen-bond donors (Lipinski definition) is 2. The maximum atomic E-state index is 13.9. The monoisotopic (exact) mass is 548 g/mol. The molecular weight excluding hydrogens is 516 g/mol. The number of carbonyl (C=O) groups is 2. The molecule has 2 bridgehead atoms. The van der Waals surface area contributed by atoms with E-state index >= 15 is 0 Å². The first kappa shape index (κ1) is 27.2. The van der Waals surface area contributed by atoms with Gasteiger partial charge in [0.1, 0.15) is 11.6 Å². The summed E-state index contributed by atoms with van der Waals surface area (Å²) in [6, 6.07) is 6.83. The SMILES string of the molecule is COc1cc(N2CCN(C)CC2)ccc1NC(=O)[C@H]1[C@H]2CC[C@H](C2)[C@H]1NC(=O)c1cc(F)cc(C(F)(F)F)c1. The minimum Gasteiger partial charge on any atom is -0.494 e. The highest BCUT2D eigenvalue weighted by molar-refractivity contribution is 5.98. The smallest absolute Gasteiger partial charge is 0.416 e. The van der Waals surface area contributed by atoms with Gasteiger partial charge in [0.05, 0.1) is 24.3 Å². The van der Waals surface area contributed by atoms with Crippen molar-refractivity contribution in [1.29, 1.82) is 0 Å². The fourth-order valence-electron chi connectivity index (χ4n) is 6.26. The number of piperazine rings is 1. The van der Waals surface area contributed by atoms with Crippen molar-refractivity contribution in [2.75, 3.05) is 50.6 Å². The number of ether oxygens (including phenoxy) is 1. The Morgan fingerprint density at radius 3 is 2.41 bits per heavy atom. The summed E-state index contributed by atoms with van der Waals surface area (Å²) in [5.41, 5.74) is -0.156. The zero-order valence-corrected chi connectivity index (χ0v) is 21.9. The molecule has 7 nitrogen and oxygen atoms in total. The summed E-state index contributed by atoms with van der Waals surface area (Å²) in [7, 11) is 3.62. The number of carbonyl (C=O) groups excluding carboxylic acids is 2. The first-order valence-corrected chi connectivity index (χ1v) is 13.1. The minimum atomic E-state index is -4.79. The summed E-state index contributed by atoms with van der Waals surface area (Å²) in [5.74, 6) is -2.25. The van der Waals surface area contributed by atoms with Gasteiger partial charge in [-0.1, -0.05) is 0 Å². The molecule has 5 rings (SSSR count). The number of benzene rings is 2. The van der Waals surface area contributed by atoms with E-state index in [9.17, 15) is 27.2 Å². The maximum Gasteiger partial charge on any atom is 0.416 e. The van der Waals surface area contributed by atoms with Crippen molar-refractivity contribution in [3.05, 3.63) is 53.3 Å². The van der Waals surface area contributed by atoms with Crippen LogP contribution < -0.4 is 20.3 Å². The average molecular weight is 549 g/mol. The topological polar surface area (TPSA) is 73.9 Å². The number of rotatable bonds is 6. The van der Waals surface area contributed by atoms with E-state index in [1.165, 1.54) is 7.11 Å². The molecule has 2 N–H and O–H groups in total. The van der Waals surface area contributed by atoms with Crippen LogP contribution in [0.3, 0.4) is 0 Å². The van der Waals surface area contributed by atoms with Crippen LogP contribution in [0, 0.1) is 23.6 Å². The lowest BCUT2D eigenvalue weighted by atomic mass is 9.83. The van der Waals surface area contributed by atoms with Crippen LogP contribution in [0.1, 0.15) is 35.2 Å². The van der Waals surface area contributed by atoms with Gasteiger partial charge < -0.3 is 25.2 Å². The van der Waals surface area contributed by atoms with Gasteiger partial charge in [-0.25, -0.2) is 4.39 Å². The molecule has 0 spiro atoms. The first-order valence-electron chi connectivity index (χ1n) is 13.1. The molecule has 0 aromatic heterocycles. The van der Waals surface area contributed by atoms with Crippen molar-refractivity contribution >= 4 is 23.2 Å². The molecule has 2 amide bonds. The molecule has 0 unspecified atom stereocenters. The van der Waals surface area contributed by atoms with E-state index < -0.39 is 41.0 Å². The lowest BCUT2D eigenvalue weighted by Crippen LogP contribution is -2.48. The Hall–Kier alpha value is -3.34. The van der Waals surface area contributed by atoms with E-state index in [1.807, 2.05) is 12.1 Å². The van der Waals surface area contributed by atoms with Crippen LogP contribution in [0.2, 0.25) is 0 Å². The van der Waals surface area contributed by atoms with Crippen molar-refractivity contribution < 1.29 is 31.9 Å². The molecule has 0 radical (unpaired) electrons. The Morgan fingerprint density at radius 2 is 1.72 bits per heavy atom. The van der Waals surface area contributed by atoms with Gasteiger partial charge in [0.15, 0.2) is 0 Å². The van der Waals surface area contributed by atoms with E-state index in [0.29, 0.717) is 23.6 Å². The Morgan fingerprint density at radius 1 is 1.00 bits per heavy atom. The maximum absolute atomic E-state index is 13.9.